The third-order valence-electron chi connectivity index (χ3n) is 1.93. The van der Waals surface area contributed by atoms with E-state index in [2.05, 4.69) is 11.8 Å². The fraction of sp³-hybridized carbons (Fsp3) is 0.167. The Morgan fingerprint density at radius 1 is 1.38 bits per heavy atom. The predicted molar refractivity (Wildman–Crippen MR) is 61.5 cm³/mol. The second-order valence-electron chi connectivity index (χ2n) is 3.30. The van der Waals surface area contributed by atoms with Crippen LogP contribution in [0, 0.1) is 11.8 Å². The molecule has 0 aliphatic carbocycles. The minimum Gasteiger partial charge on any atom is -0.398 e. The van der Waals surface area contributed by atoms with Crippen LogP contribution in [0.3, 0.4) is 0 Å². The van der Waals surface area contributed by atoms with Crippen LogP contribution in [-0.2, 0) is 4.79 Å². The van der Waals surface area contributed by atoms with Crippen molar-refractivity contribution >= 4 is 17.4 Å². The number of rotatable bonds is 2. The largest absolute Gasteiger partial charge is 0.398 e. The number of carbonyl (C=O) groups is 2. The number of amides is 1. The molecule has 1 aromatic rings. The van der Waals surface area contributed by atoms with E-state index in [0.717, 1.165) is 0 Å². The van der Waals surface area contributed by atoms with E-state index in [9.17, 15) is 9.59 Å². The van der Waals surface area contributed by atoms with Gasteiger partial charge in [-0.2, -0.15) is 0 Å². The van der Waals surface area contributed by atoms with Gasteiger partial charge in [-0.05, 0) is 25.1 Å². The molecule has 1 rings (SSSR count). The highest BCUT2D eigenvalue weighted by Gasteiger charge is 2.04. The predicted octanol–water partition coefficient (Wildman–Crippen LogP) is 0.698. The molecule has 4 nitrogen and oxygen atoms in total. The van der Waals surface area contributed by atoms with Gasteiger partial charge in [0.25, 0.3) is 0 Å². The molecule has 0 atom stereocenters. The number of primary amides is 1. The lowest BCUT2D eigenvalue weighted by molar-refractivity contribution is -0.117. The van der Waals surface area contributed by atoms with Gasteiger partial charge in [0.1, 0.15) is 0 Å². The van der Waals surface area contributed by atoms with Gasteiger partial charge in [0.15, 0.2) is 5.78 Å². The zero-order chi connectivity index (χ0) is 12.1. The Balaban J connectivity index is 2.98. The summed E-state index contributed by atoms with van der Waals surface area (Å²) in [5.41, 5.74) is 12.1. The molecule has 0 fully saturated rings. The maximum atomic E-state index is 11.2. The van der Waals surface area contributed by atoms with E-state index in [4.69, 9.17) is 11.5 Å². The van der Waals surface area contributed by atoms with Gasteiger partial charge in [-0.1, -0.05) is 11.8 Å². The molecule has 1 aromatic carbocycles. The molecule has 0 radical (unpaired) electrons. The minimum absolute atomic E-state index is 0.000217. The van der Waals surface area contributed by atoms with Crippen molar-refractivity contribution in [3.05, 3.63) is 29.3 Å². The Bertz CT molecular complexity index is 495. The maximum Gasteiger partial charge on any atom is 0.229 e. The summed E-state index contributed by atoms with van der Waals surface area (Å²) in [6.45, 7) is 1.44. The average molecular weight is 216 g/mol. The highest BCUT2D eigenvalue weighted by Crippen LogP contribution is 2.14. The van der Waals surface area contributed by atoms with Crippen LogP contribution >= 0.6 is 0 Å². The molecule has 0 aliphatic rings. The number of carbonyl (C=O) groups excluding carboxylic acids is 2. The summed E-state index contributed by atoms with van der Waals surface area (Å²) in [4.78, 5) is 21.7. The Morgan fingerprint density at radius 2 is 2.06 bits per heavy atom. The molecular weight excluding hydrogens is 204 g/mol. The van der Waals surface area contributed by atoms with Gasteiger partial charge in [-0.15, -0.1) is 0 Å². The van der Waals surface area contributed by atoms with Gasteiger partial charge >= 0.3 is 0 Å². The van der Waals surface area contributed by atoms with Crippen molar-refractivity contribution in [3.63, 3.8) is 0 Å². The normalized spacial score (nSPS) is 9.06. The molecular formula is C12H12N2O2. The lowest BCUT2D eigenvalue weighted by atomic mass is 10.1. The van der Waals surface area contributed by atoms with E-state index < -0.39 is 5.91 Å². The van der Waals surface area contributed by atoms with Crippen LogP contribution in [0.4, 0.5) is 5.69 Å². The second-order valence-corrected chi connectivity index (χ2v) is 3.30. The van der Waals surface area contributed by atoms with Crippen LogP contribution in [0.1, 0.15) is 29.3 Å². The number of nitrogen functional groups attached to an aromatic ring is 1. The van der Waals surface area contributed by atoms with Crippen molar-refractivity contribution in [1.29, 1.82) is 0 Å². The average Bonchev–Trinajstić information content (AvgIpc) is 2.19. The third-order valence-corrected chi connectivity index (χ3v) is 1.93. The molecule has 82 valence electrons. The molecule has 1 amide bonds. The molecule has 0 unspecified atom stereocenters. The standard InChI is InChI=1S/C12H12N2O2/c1-8(15)10-7-9(5-6-11(10)13)3-2-4-12(14)16/h5-7H,4,13H2,1H3,(H2,14,16). The maximum absolute atomic E-state index is 11.2. The SMILES string of the molecule is CC(=O)c1cc(C#CCC(N)=O)ccc1N. The minimum atomic E-state index is -0.477. The monoisotopic (exact) mass is 216 g/mol. The van der Waals surface area contributed by atoms with Gasteiger partial charge in [0.05, 0.1) is 6.42 Å². The smallest absolute Gasteiger partial charge is 0.229 e. The highest BCUT2D eigenvalue weighted by atomic mass is 16.1. The summed E-state index contributed by atoms with van der Waals surface area (Å²) in [6.07, 6.45) is -0.000217. The van der Waals surface area contributed by atoms with Crippen molar-refractivity contribution in [2.45, 2.75) is 13.3 Å². The Hall–Kier alpha value is -2.28. The van der Waals surface area contributed by atoms with Gasteiger partial charge in [-0.25, -0.2) is 0 Å². The van der Waals surface area contributed by atoms with Crippen molar-refractivity contribution in [3.8, 4) is 11.8 Å². The van der Waals surface area contributed by atoms with E-state index in [1.165, 1.54) is 6.92 Å². The van der Waals surface area contributed by atoms with Gasteiger partial charge < -0.3 is 11.5 Å². The number of benzene rings is 1. The Labute approximate surface area is 93.6 Å². The summed E-state index contributed by atoms with van der Waals surface area (Å²) in [6, 6.07) is 4.91. The van der Waals surface area contributed by atoms with Crippen LogP contribution in [0.2, 0.25) is 0 Å². The van der Waals surface area contributed by atoms with Crippen LogP contribution < -0.4 is 11.5 Å². The first-order chi connectivity index (χ1) is 7.50. The molecule has 0 aromatic heterocycles. The van der Waals surface area contributed by atoms with Gasteiger partial charge in [-0.3, -0.25) is 9.59 Å². The summed E-state index contributed by atoms with van der Waals surface area (Å²) in [5, 5.41) is 0. The zero-order valence-corrected chi connectivity index (χ0v) is 8.91. The van der Waals surface area contributed by atoms with E-state index in [0.29, 0.717) is 16.8 Å². The lowest BCUT2D eigenvalue weighted by Gasteiger charge is -2.01. The molecule has 0 saturated carbocycles. The summed E-state index contributed by atoms with van der Waals surface area (Å²) < 4.78 is 0. The lowest BCUT2D eigenvalue weighted by Crippen LogP contribution is -2.08. The fourth-order valence-corrected chi connectivity index (χ4v) is 1.17. The first-order valence-corrected chi connectivity index (χ1v) is 4.68. The number of Topliss-reactive ketones (excluding diaryl/α,β-unsaturated/α-hetero) is 1. The molecule has 16 heavy (non-hydrogen) atoms. The topological polar surface area (TPSA) is 86.2 Å². The number of hydrogen-bond acceptors (Lipinski definition) is 3. The van der Waals surface area contributed by atoms with E-state index in [1.807, 2.05) is 0 Å². The molecule has 4 N–H and O–H groups in total. The molecule has 0 saturated heterocycles. The Morgan fingerprint density at radius 3 is 2.62 bits per heavy atom. The molecule has 0 spiro atoms. The molecule has 0 bridgehead atoms. The number of nitrogens with two attached hydrogens (primary N) is 2. The van der Waals surface area contributed by atoms with Crippen molar-refractivity contribution in [2.75, 3.05) is 5.73 Å². The van der Waals surface area contributed by atoms with Crippen molar-refractivity contribution < 1.29 is 9.59 Å². The number of hydrogen-bond donors (Lipinski definition) is 2. The molecule has 0 heterocycles. The number of ketones is 1. The summed E-state index contributed by atoms with van der Waals surface area (Å²) in [5.74, 6) is 4.76. The van der Waals surface area contributed by atoms with Gasteiger partial charge in [0.2, 0.25) is 5.91 Å². The molecule has 4 heteroatoms. The van der Waals surface area contributed by atoms with Crippen LogP contribution in [-0.4, -0.2) is 11.7 Å². The highest BCUT2D eigenvalue weighted by molar-refractivity contribution is 5.99. The zero-order valence-electron chi connectivity index (χ0n) is 8.91. The first-order valence-electron chi connectivity index (χ1n) is 4.68. The summed E-state index contributed by atoms with van der Waals surface area (Å²) in [7, 11) is 0. The van der Waals surface area contributed by atoms with E-state index in [-0.39, 0.29) is 12.2 Å². The Kier molecular flexibility index (Phi) is 3.67. The van der Waals surface area contributed by atoms with E-state index in [1.54, 1.807) is 18.2 Å². The second kappa shape index (κ2) is 4.99. The van der Waals surface area contributed by atoms with Crippen LogP contribution in [0.15, 0.2) is 18.2 Å². The van der Waals surface area contributed by atoms with E-state index >= 15 is 0 Å². The van der Waals surface area contributed by atoms with Crippen molar-refractivity contribution in [2.24, 2.45) is 5.73 Å². The van der Waals surface area contributed by atoms with Crippen LogP contribution in [0.25, 0.3) is 0 Å². The summed E-state index contributed by atoms with van der Waals surface area (Å²) >= 11 is 0. The van der Waals surface area contributed by atoms with Crippen LogP contribution in [0.5, 0.6) is 0 Å². The van der Waals surface area contributed by atoms with Crippen molar-refractivity contribution in [1.82, 2.24) is 0 Å². The van der Waals surface area contributed by atoms with Gasteiger partial charge in [0, 0.05) is 16.8 Å². The molecule has 0 aliphatic heterocycles. The quantitative estimate of drug-likeness (QED) is 0.433. The number of anilines is 1. The first kappa shape index (κ1) is 11.8. The fourth-order valence-electron chi connectivity index (χ4n) is 1.17. The third kappa shape index (κ3) is 3.14.